The lowest BCUT2D eigenvalue weighted by molar-refractivity contribution is -0.152. The van der Waals surface area contributed by atoms with Crippen LogP contribution in [0.3, 0.4) is 0 Å². The van der Waals surface area contributed by atoms with Crippen LogP contribution in [0.25, 0.3) is 0 Å². The second-order valence-corrected chi connectivity index (χ2v) is 7.23. The zero-order valence-corrected chi connectivity index (χ0v) is 13.5. The predicted molar refractivity (Wildman–Crippen MR) is 81.7 cm³/mol. The molecule has 0 radical (unpaired) electrons. The topological polar surface area (TPSA) is 119 Å². The van der Waals surface area contributed by atoms with E-state index in [1.807, 2.05) is 13.8 Å². The molecule has 2 heterocycles. The number of carbonyl (C=O) groups excluding carboxylic acids is 2. The number of likely N-dealkylation sites (tertiary alicyclic amines) is 1. The molecule has 3 amide bonds. The van der Waals surface area contributed by atoms with Crippen molar-refractivity contribution in [2.24, 2.45) is 11.3 Å². The van der Waals surface area contributed by atoms with Gasteiger partial charge in [-0.25, -0.2) is 4.79 Å². The van der Waals surface area contributed by atoms with E-state index in [1.165, 1.54) is 4.90 Å². The minimum absolute atomic E-state index is 0.0222. The minimum atomic E-state index is -1.48. The molecule has 2 aliphatic rings. The van der Waals surface area contributed by atoms with Crippen LogP contribution in [-0.4, -0.2) is 64.8 Å². The third-order valence-corrected chi connectivity index (χ3v) is 4.43. The number of amides is 3. The average molecular weight is 327 g/mol. The molecule has 2 saturated heterocycles. The first-order valence-electron chi connectivity index (χ1n) is 7.94. The van der Waals surface area contributed by atoms with E-state index >= 15 is 0 Å². The van der Waals surface area contributed by atoms with Crippen LogP contribution < -0.4 is 10.6 Å². The van der Waals surface area contributed by atoms with Gasteiger partial charge in [0.25, 0.3) is 5.91 Å². The van der Waals surface area contributed by atoms with Crippen LogP contribution in [0.15, 0.2) is 0 Å². The predicted octanol–water partition coefficient (Wildman–Crippen LogP) is -0.232. The van der Waals surface area contributed by atoms with E-state index in [2.05, 4.69) is 10.6 Å². The van der Waals surface area contributed by atoms with Crippen molar-refractivity contribution in [1.82, 2.24) is 15.5 Å². The van der Waals surface area contributed by atoms with E-state index < -0.39 is 30.1 Å². The fourth-order valence-corrected chi connectivity index (χ4v) is 3.29. The Labute approximate surface area is 135 Å². The Morgan fingerprint density at radius 1 is 1.43 bits per heavy atom. The van der Waals surface area contributed by atoms with E-state index in [4.69, 9.17) is 5.11 Å². The molecule has 4 N–H and O–H groups in total. The zero-order chi connectivity index (χ0) is 17.2. The highest BCUT2D eigenvalue weighted by Gasteiger charge is 2.42. The molecule has 2 fully saturated rings. The van der Waals surface area contributed by atoms with Gasteiger partial charge >= 0.3 is 6.09 Å². The Morgan fingerprint density at radius 3 is 2.61 bits per heavy atom. The van der Waals surface area contributed by atoms with Crippen molar-refractivity contribution < 1.29 is 24.6 Å². The highest BCUT2D eigenvalue weighted by atomic mass is 16.4. The van der Waals surface area contributed by atoms with E-state index in [-0.39, 0.29) is 17.7 Å². The second kappa shape index (κ2) is 6.74. The van der Waals surface area contributed by atoms with Gasteiger partial charge < -0.3 is 25.7 Å². The van der Waals surface area contributed by atoms with Gasteiger partial charge in [0.05, 0.1) is 6.04 Å². The van der Waals surface area contributed by atoms with Crippen LogP contribution in [0.1, 0.15) is 33.1 Å². The van der Waals surface area contributed by atoms with E-state index in [0.717, 1.165) is 6.42 Å². The molecule has 8 heteroatoms. The lowest BCUT2D eigenvalue weighted by Gasteiger charge is -2.47. The summed E-state index contributed by atoms with van der Waals surface area (Å²) in [6.45, 7) is 5.71. The highest BCUT2D eigenvalue weighted by Crippen LogP contribution is 2.30. The summed E-state index contributed by atoms with van der Waals surface area (Å²) < 4.78 is 0. The normalized spacial score (nSPS) is 25.8. The second-order valence-electron chi connectivity index (χ2n) is 7.23. The molecule has 0 saturated carbocycles. The van der Waals surface area contributed by atoms with Crippen LogP contribution in [0.4, 0.5) is 4.79 Å². The van der Waals surface area contributed by atoms with Crippen molar-refractivity contribution in [1.29, 1.82) is 0 Å². The van der Waals surface area contributed by atoms with Gasteiger partial charge in [-0.3, -0.25) is 9.59 Å². The Balaban J connectivity index is 2.00. The molecule has 2 aliphatic heterocycles. The lowest BCUT2D eigenvalue weighted by Crippen LogP contribution is -2.61. The maximum Gasteiger partial charge on any atom is 0.404 e. The number of hydrogen-bond donors (Lipinski definition) is 4. The highest BCUT2D eigenvalue weighted by molar-refractivity contribution is 5.84. The number of hydrogen-bond acceptors (Lipinski definition) is 4. The number of nitrogens with one attached hydrogen (secondary N) is 2. The SMILES string of the molecule is CC1(C)CN(C(=O)C(O)C(CC2CCCNC2=O)NC(=O)O)C1. The van der Waals surface area contributed by atoms with Gasteiger partial charge in [0, 0.05) is 25.6 Å². The number of piperidine rings is 1. The number of nitrogens with zero attached hydrogens (tertiary/aromatic N) is 1. The first-order valence-corrected chi connectivity index (χ1v) is 7.94. The number of aliphatic hydroxyl groups excluding tert-OH is 1. The average Bonchev–Trinajstić information content (AvgIpc) is 2.44. The number of rotatable bonds is 5. The maximum absolute atomic E-state index is 12.3. The van der Waals surface area contributed by atoms with Crippen LogP contribution >= 0.6 is 0 Å². The zero-order valence-electron chi connectivity index (χ0n) is 13.5. The Kier molecular flexibility index (Phi) is 5.13. The monoisotopic (exact) mass is 327 g/mol. The lowest BCUT2D eigenvalue weighted by atomic mass is 9.83. The van der Waals surface area contributed by atoms with Crippen LogP contribution in [0.5, 0.6) is 0 Å². The summed E-state index contributed by atoms with van der Waals surface area (Å²) in [5.41, 5.74) is 0.0222. The molecule has 0 bridgehead atoms. The fourth-order valence-electron chi connectivity index (χ4n) is 3.29. The number of carbonyl (C=O) groups is 3. The summed E-state index contributed by atoms with van der Waals surface area (Å²) in [5.74, 6) is -1.03. The number of carboxylic acid groups (broad SMARTS) is 1. The molecule has 3 atom stereocenters. The molecule has 0 aromatic heterocycles. The van der Waals surface area contributed by atoms with E-state index in [9.17, 15) is 19.5 Å². The van der Waals surface area contributed by atoms with E-state index in [1.54, 1.807) is 0 Å². The fraction of sp³-hybridized carbons (Fsp3) is 0.800. The van der Waals surface area contributed by atoms with Crippen molar-refractivity contribution in [3.63, 3.8) is 0 Å². The van der Waals surface area contributed by atoms with Crippen molar-refractivity contribution in [2.75, 3.05) is 19.6 Å². The molecule has 0 aromatic carbocycles. The first-order chi connectivity index (χ1) is 10.7. The molecule has 8 nitrogen and oxygen atoms in total. The van der Waals surface area contributed by atoms with Gasteiger partial charge in [-0.15, -0.1) is 0 Å². The molecular weight excluding hydrogens is 302 g/mol. The smallest absolute Gasteiger partial charge is 0.404 e. The summed E-state index contributed by atoms with van der Waals surface area (Å²) in [4.78, 5) is 36.6. The van der Waals surface area contributed by atoms with Gasteiger partial charge in [0.15, 0.2) is 6.10 Å². The quantitative estimate of drug-likeness (QED) is 0.556. The van der Waals surface area contributed by atoms with Gasteiger partial charge in [0.2, 0.25) is 5.91 Å². The maximum atomic E-state index is 12.3. The molecule has 2 rings (SSSR count). The summed E-state index contributed by atoms with van der Waals surface area (Å²) in [7, 11) is 0. The standard InChI is InChI=1S/C15H25N3O5/c1-15(2)7-18(8-15)13(21)11(19)10(17-14(22)23)6-9-4-3-5-16-12(9)20/h9-11,17,19H,3-8H2,1-2H3,(H,16,20)(H,22,23). The van der Waals surface area contributed by atoms with Crippen molar-refractivity contribution in [3.05, 3.63) is 0 Å². The Hall–Kier alpha value is -1.83. The summed E-state index contributed by atoms with van der Waals surface area (Å²) in [6, 6.07) is -0.988. The minimum Gasteiger partial charge on any atom is -0.465 e. The van der Waals surface area contributed by atoms with Crippen LogP contribution in [-0.2, 0) is 9.59 Å². The molecular formula is C15H25N3O5. The third kappa shape index (κ3) is 4.34. The largest absolute Gasteiger partial charge is 0.465 e. The summed E-state index contributed by atoms with van der Waals surface area (Å²) in [5, 5.41) is 24.2. The Morgan fingerprint density at radius 2 is 2.09 bits per heavy atom. The van der Waals surface area contributed by atoms with Crippen molar-refractivity contribution in [2.45, 2.75) is 45.3 Å². The van der Waals surface area contributed by atoms with Gasteiger partial charge in [0.1, 0.15) is 0 Å². The molecule has 3 unspecified atom stereocenters. The van der Waals surface area contributed by atoms with Gasteiger partial charge in [-0.05, 0) is 24.7 Å². The van der Waals surface area contributed by atoms with Gasteiger partial charge in [-0.1, -0.05) is 13.8 Å². The molecule has 130 valence electrons. The molecule has 0 spiro atoms. The van der Waals surface area contributed by atoms with E-state index in [0.29, 0.717) is 26.1 Å². The molecule has 23 heavy (non-hydrogen) atoms. The van der Waals surface area contributed by atoms with Crippen LogP contribution in [0, 0.1) is 11.3 Å². The Bertz CT molecular complexity index is 486. The summed E-state index contributed by atoms with van der Waals surface area (Å²) >= 11 is 0. The van der Waals surface area contributed by atoms with Crippen molar-refractivity contribution in [3.8, 4) is 0 Å². The molecule has 0 aromatic rings. The number of aliphatic hydroxyl groups is 1. The van der Waals surface area contributed by atoms with Crippen LogP contribution in [0.2, 0.25) is 0 Å². The van der Waals surface area contributed by atoms with Crippen molar-refractivity contribution >= 4 is 17.9 Å². The summed E-state index contributed by atoms with van der Waals surface area (Å²) in [6.07, 6.45) is -1.25. The molecule has 0 aliphatic carbocycles. The van der Waals surface area contributed by atoms with Gasteiger partial charge in [-0.2, -0.15) is 0 Å². The first kappa shape index (κ1) is 17.5. The third-order valence-electron chi connectivity index (χ3n) is 4.43.